The van der Waals surface area contributed by atoms with Gasteiger partial charge in [-0.05, 0) is 236 Å². The van der Waals surface area contributed by atoms with Crippen LogP contribution in [0.4, 0.5) is 22.7 Å². The molecule has 0 bridgehead atoms. The number of hydrogen-bond acceptors (Lipinski definition) is 10. The van der Waals surface area contributed by atoms with Gasteiger partial charge in [0.05, 0.1) is 45.5 Å². The van der Waals surface area contributed by atoms with Gasteiger partial charge in [-0.15, -0.1) is 0 Å². The molecule has 0 saturated carbocycles. The zero-order chi connectivity index (χ0) is 72.1. The van der Waals surface area contributed by atoms with Gasteiger partial charge in [0.25, 0.3) is 23.6 Å². The highest BCUT2D eigenvalue weighted by Crippen LogP contribution is 2.41. The van der Waals surface area contributed by atoms with Crippen molar-refractivity contribution in [3.8, 4) is 101 Å². The topological polar surface area (TPSA) is 159 Å². The first-order valence-electron chi connectivity index (χ1n) is 32.9. The number of benzene rings is 9. The van der Waals surface area contributed by atoms with Gasteiger partial charge in [0.1, 0.15) is 0 Å². The highest BCUT2D eigenvalue weighted by Gasteiger charge is 2.27. The molecule has 5 heterocycles. The Morgan fingerprint density at radius 3 is 0.769 bits per heavy atom. The zero-order valence-electron chi connectivity index (χ0n) is 56.3. The summed E-state index contributed by atoms with van der Waals surface area (Å²) in [5, 5.41) is 0. The maximum Gasteiger partial charge on any atom is 0.258 e. The number of hydrogen-bond donors (Lipinski definition) is 0. The van der Waals surface area contributed by atoms with Crippen molar-refractivity contribution in [3.63, 3.8) is 0 Å². The van der Waals surface area contributed by atoms with Gasteiger partial charge in [0.2, 0.25) is 0 Å². The Balaban J connectivity index is 0.771. The highest BCUT2D eigenvalue weighted by molar-refractivity contribution is 9.11. The van der Waals surface area contributed by atoms with E-state index in [1.165, 1.54) is 0 Å². The van der Waals surface area contributed by atoms with Gasteiger partial charge in [0.15, 0.2) is 5.82 Å². The molecule has 506 valence electrons. The molecule has 104 heavy (non-hydrogen) atoms. The van der Waals surface area contributed by atoms with E-state index in [9.17, 15) is 19.2 Å². The summed E-state index contributed by atoms with van der Waals surface area (Å²) in [5.74, 6) is -0.858. The van der Waals surface area contributed by atoms with Crippen LogP contribution in [0.2, 0.25) is 0 Å². The van der Waals surface area contributed by atoms with Crippen LogP contribution in [0, 0.1) is 0 Å². The lowest BCUT2D eigenvalue weighted by molar-refractivity contribution is 0.0978. The molecule has 14 rings (SSSR count). The van der Waals surface area contributed by atoms with Crippen LogP contribution in [0.1, 0.15) is 41.4 Å². The average molecular weight is 1620 g/mol. The predicted octanol–water partition coefficient (Wildman–Crippen LogP) is 21.2. The Morgan fingerprint density at radius 1 is 0.250 bits per heavy atom. The summed E-state index contributed by atoms with van der Waals surface area (Å²) in [4.78, 5) is 94.2. The molecule has 0 aliphatic rings. The number of nitrogens with zero attached hydrogens (tertiary/aromatic N) is 10. The lowest BCUT2D eigenvalue weighted by Crippen LogP contribution is -2.29. The summed E-state index contributed by atoms with van der Waals surface area (Å²) in [6.45, 7) is 0. The summed E-state index contributed by atoms with van der Waals surface area (Å²) in [6, 6.07) is 80.1. The van der Waals surface area contributed by atoms with E-state index in [-0.39, 0.29) is 34.8 Å². The molecule has 14 nitrogen and oxygen atoms in total. The lowest BCUT2D eigenvalue weighted by Gasteiger charge is -2.23. The SMILES string of the molecule is CN(C(=O)c1cc(C(=O)N(C)c2ccc(-c3ccccn3)cc2Br)cc(-c2ccccc2-c2ccc(-c3ncc(-c4ccccc4-c4cc(C(=O)N(C)c5ccc(-c6ccccn6)cc5Br)cc(C(=O)N(C)c5ccc(-c6ccccn6)cc5Br)c4)cn3)cc2)c1)c1ccc(-c2ccccn2)cc1Br. The number of carbonyl (C=O) groups excluding carboxylic acids is 4. The van der Waals surface area contributed by atoms with Crippen LogP contribution in [0.5, 0.6) is 0 Å². The Kier molecular flexibility index (Phi) is 20.4. The van der Waals surface area contributed by atoms with E-state index in [2.05, 4.69) is 83.7 Å². The molecular weight excluding hydrogens is 1560 g/mol. The molecule has 18 heteroatoms. The molecule has 0 atom stereocenters. The van der Waals surface area contributed by atoms with Crippen LogP contribution < -0.4 is 19.6 Å². The molecule has 0 spiro atoms. The van der Waals surface area contributed by atoms with Crippen molar-refractivity contribution in [2.75, 3.05) is 47.8 Å². The van der Waals surface area contributed by atoms with Gasteiger partial charge in [-0.2, -0.15) is 0 Å². The summed E-state index contributed by atoms with van der Waals surface area (Å²) < 4.78 is 2.76. The maximum atomic E-state index is 15.0. The van der Waals surface area contributed by atoms with E-state index in [4.69, 9.17) is 9.97 Å². The second-order valence-electron chi connectivity index (χ2n) is 24.5. The number of anilines is 4. The fourth-order valence-electron chi connectivity index (χ4n) is 12.5. The summed E-state index contributed by atoms with van der Waals surface area (Å²) in [7, 11) is 6.86. The van der Waals surface area contributed by atoms with Crippen LogP contribution in [-0.4, -0.2) is 81.7 Å². The van der Waals surface area contributed by atoms with Crippen molar-refractivity contribution in [1.82, 2.24) is 29.9 Å². The molecule has 5 aromatic heterocycles. The van der Waals surface area contributed by atoms with E-state index < -0.39 is 0 Å². The van der Waals surface area contributed by atoms with E-state index in [1.807, 2.05) is 243 Å². The fourth-order valence-corrected chi connectivity index (χ4v) is 15.1. The normalized spacial score (nSPS) is 11.0. The third kappa shape index (κ3) is 14.6. The highest BCUT2D eigenvalue weighted by atomic mass is 79.9. The fraction of sp³-hybridized carbons (Fsp3) is 0.0465. The Labute approximate surface area is 635 Å². The average Bonchev–Trinajstić information content (AvgIpc) is 0.779. The van der Waals surface area contributed by atoms with Crippen molar-refractivity contribution in [3.05, 3.63) is 332 Å². The van der Waals surface area contributed by atoms with Crippen molar-refractivity contribution < 1.29 is 19.2 Å². The second kappa shape index (κ2) is 30.6. The summed E-state index contributed by atoms with van der Waals surface area (Å²) >= 11 is 15.0. The first-order valence-corrected chi connectivity index (χ1v) is 36.1. The minimum atomic E-state index is -0.340. The molecule has 0 aliphatic carbocycles. The number of rotatable bonds is 17. The minimum Gasteiger partial charge on any atom is -0.310 e. The molecular formula is C86H60Br4N10O4. The number of pyridine rings is 4. The minimum absolute atomic E-state index is 0.288. The number of carbonyl (C=O) groups is 4. The largest absolute Gasteiger partial charge is 0.310 e. The third-order valence-electron chi connectivity index (χ3n) is 18.0. The standard InChI is InChI=1S/C86H60Br4N10O4/c1-97(78-33-29-55(47-70(78)87)74-21-9-13-37-91-74)83(101)61-41-59(42-62(45-61)84(102)98(2)79-34-30-56(48-71(79)88)75-22-10-14-38-92-75)67-18-6-5-17-66(67)53-25-27-54(28-26-53)82-95-51-65(52-96-82)69-20-8-7-19-68(69)60-43-63(85(103)99(3)80-35-31-57(49-72(80)89)76-23-11-15-39-93-76)46-64(44-60)86(104)100(4)81-36-32-58(50-73(81)90)77-24-12-16-40-94-77/h5-52H,1-4H3. The maximum absolute atomic E-state index is 15.0. The van der Waals surface area contributed by atoms with Crippen molar-refractivity contribution in [2.24, 2.45) is 0 Å². The first-order chi connectivity index (χ1) is 50.5. The van der Waals surface area contributed by atoms with E-state index in [1.54, 1.807) is 97.1 Å². The number of halogens is 4. The molecule has 14 aromatic rings. The summed E-state index contributed by atoms with van der Waals surface area (Å²) in [5.41, 5.74) is 17.1. The molecule has 9 aromatic carbocycles. The van der Waals surface area contributed by atoms with Crippen LogP contribution in [0.15, 0.2) is 310 Å². The van der Waals surface area contributed by atoms with Crippen molar-refractivity contribution in [1.29, 1.82) is 0 Å². The second-order valence-corrected chi connectivity index (χ2v) is 28.0. The molecule has 4 amide bonds. The monoisotopic (exact) mass is 1610 g/mol. The van der Waals surface area contributed by atoms with Crippen molar-refractivity contribution in [2.45, 2.75) is 0 Å². The zero-order valence-corrected chi connectivity index (χ0v) is 62.7. The Bertz CT molecular complexity index is 5010. The molecule has 0 fully saturated rings. The quantitative estimate of drug-likeness (QED) is 0.0859. The first kappa shape index (κ1) is 69.5. The van der Waals surface area contributed by atoms with Crippen LogP contribution >= 0.6 is 63.7 Å². The van der Waals surface area contributed by atoms with E-state index in [0.717, 1.165) is 78.4 Å². The van der Waals surface area contributed by atoms with Gasteiger partial charge in [-0.25, -0.2) is 9.97 Å². The van der Waals surface area contributed by atoms with Gasteiger partial charge in [-0.1, -0.05) is 121 Å². The van der Waals surface area contributed by atoms with Gasteiger partial charge < -0.3 is 19.6 Å². The van der Waals surface area contributed by atoms with Crippen LogP contribution in [0.3, 0.4) is 0 Å². The Hall–Kier alpha value is -11.5. The molecule has 0 N–H and O–H groups in total. The van der Waals surface area contributed by atoms with Crippen LogP contribution in [-0.2, 0) is 0 Å². The Morgan fingerprint density at radius 2 is 0.500 bits per heavy atom. The van der Waals surface area contributed by atoms with Gasteiger partial charge in [0, 0.05) is 139 Å². The predicted molar refractivity (Wildman–Crippen MR) is 430 cm³/mol. The number of aromatic nitrogens is 6. The van der Waals surface area contributed by atoms with E-state index in [0.29, 0.717) is 74.3 Å². The molecule has 0 saturated heterocycles. The molecule has 0 aliphatic heterocycles. The lowest BCUT2D eigenvalue weighted by atomic mass is 9.91. The molecule has 0 unspecified atom stereocenters. The molecule has 0 radical (unpaired) electrons. The van der Waals surface area contributed by atoms with Gasteiger partial charge in [-0.3, -0.25) is 39.1 Å². The van der Waals surface area contributed by atoms with Crippen molar-refractivity contribution >= 4 is 110 Å². The van der Waals surface area contributed by atoms with Gasteiger partial charge >= 0.3 is 0 Å². The smallest absolute Gasteiger partial charge is 0.258 e. The third-order valence-corrected chi connectivity index (χ3v) is 20.6. The van der Waals surface area contributed by atoms with Crippen LogP contribution in [0.25, 0.3) is 101 Å². The summed E-state index contributed by atoms with van der Waals surface area (Å²) in [6.07, 6.45) is 10.5. The number of amides is 4. The van der Waals surface area contributed by atoms with E-state index >= 15 is 0 Å².